The van der Waals surface area contributed by atoms with E-state index in [9.17, 15) is 22.0 Å². The summed E-state index contributed by atoms with van der Waals surface area (Å²) in [5, 5.41) is 0. The molecule has 0 radical (unpaired) electrons. The number of sulfonamides is 1. The molecule has 32 heavy (non-hydrogen) atoms. The van der Waals surface area contributed by atoms with Crippen LogP contribution in [-0.2, 0) is 23.1 Å². The Hall–Kier alpha value is -3.30. The van der Waals surface area contributed by atoms with E-state index in [4.69, 9.17) is 9.47 Å². The Morgan fingerprint density at radius 2 is 1.22 bits per heavy atom. The number of hydrogen-bond donors (Lipinski definition) is 0. The lowest BCUT2D eigenvalue weighted by Gasteiger charge is -2.23. The van der Waals surface area contributed by atoms with E-state index >= 15 is 0 Å². The summed E-state index contributed by atoms with van der Waals surface area (Å²) < 4.78 is 66.3. The number of hydrogen-bond acceptors (Lipinski definition) is 5. The number of carbonyl (C=O) groups excluding carboxylic acids is 1. The van der Waals surface area contributed by atoms with E-state index in [1.807, 2.05) is 0 Å². The first-order chi connectivity index (χ1) is 15.3. The number of benzene rings is 3. The van der Waals surface area contributed by atoms with Gasteiger partial charge < -0.3 is 9.47 Å². The second kappa shape index (κ2) is 9.88. The van der Waals surface area contributed by atoms with Crippen LogP contribution in [0.1, 0.15) is 21.5 Å². The molecule has 0 atom stereocenters. The number of halogens is 2. The summed E-state index contributed by atoms with van der Waals surface area (Å²) in [6, 6.07) is 14.8. The summed E-state index contributed by atoms with van der Waals surface area (Å²) in [5.41, 5.74) is 0.475. The fraction of sp³-hybridized carbons (Fsp3) is 0.174. The lowest BCUT2D eigenvalue weighted by atomic mass is 10.2. The highest BCUT2D eigenvalue weighted by atomic mass is 32.2. The van der Waals surface area contributed by atoms with Gasteiger partial charge in [0.1, 0.15) is 23.1 Å². The van der Waals surface area contributed by atoms with Gasteiger partial charge in [-0.2, -0.15) is 4.31 Å². The predicted octanol–water partition coefficient (Wildman–Crippen LogP) is 4.19. The SMILES string of the molecule is COc1ccc(CN(Cc2ccc(OC)cc2)S(=O)(=O)c2cc(F)c(C=O)c(F)c2)cc1. The van der Waals surface area contributed by atoms with Crippen LogP contribution >= 0.6 is 0 Å². The average molecular weight is 461 g/mol. The monoisotopic (exact) mass is 461 g/mol. The molecule has 0 aliphatic rings. The predicted molar refractivity (Wildman–Crippen MR) is 114 cm³/mol. The number of ether oxygens (including phenoxy) is 2. The van der Waals surface area contributed by atoms with Crippen molar-refractivity contribution in [1.82, 2.24) is 4.31 Å². The van der Waals surface area contributed by atoms with Crippen molar-refractivity contribution in [2.75, 3.05) is 14.2 Å². The van der Waals surface area contributed by atoms with Gasteiger partial charge in [-0.1, -0.05) is 24.3 Å². The van der Waals surface area contributed by atoms with Gasteiger partial charge in [0.25, 0.3) is 0 Å². The number of aldehydes is 1. The van der Waals surface area contributed by atoms with Gasteiger partial charge in [0.15, 0.2) is 6.29 Å². The molecule has 0 N–H and O–H groups in total. The van der Waals surface area contributed by atoms with Crippen molar-refractivity contribution < 1.29 is 31.5 Å². The zero-order chi connectivity index (χ0) is 23.3. The number of nitrogens with zero attached hydrogens (tertiary/aromatic N) is 1. The van der Waals surface area contributed by atoms with Crippen molar-refractivity contribution in [3.8, 4) is 11.5 Å². The van der Waals surface area contributed by atoms with Crippen molar-refractivity contribution >= 4 is 16.3 Å². The van der Waals surface area contributed by atoms with Crippen LogP contribution in [0.3, 0.4) is 0 Å². The Labute approximate surface area is 185 Å². The van der Waals surface area contributed by atoms with Gasteiger partial charge in [0.2, 0.25) is 10.0 Å². The van der Waals surface area contributed by atoms with Gasteiger partial charge in [-0.3, -0.25) is 4.79 Å². The topological polar surface area (TPSA) is 72.9 Å². The molecule has 168 valence electrons. The summed E-state index contributed by atoms with van der Waals surface area (Å²) >= 11 is 0. The number of rotatable bonds is 9. The number of carbonyl (C=O) groups is 1. The van der Waals surface area contributed by atoms with Crippen molar-refractivity contribution in [3.63, 3.8) is 0 Å². The summed E-state index contributed by atoms with van der Waals surface area (Å²) in [7, 11) is -1.29. The summed E-state index contributed by atoms with van der Waals surface area (Å²) in [5.74, 6) is -1.28. The lowest BCUT2D eigenvalue weighted by molar-refractivity contribution is 0.111. The van der Waals surface area contributed by atoms with Gasteiger partial charge in [0.05, 0.1) is 24.7 Å². The van der Waals surface area contributed by atoms with E-state index in [2.05, 4.69) is 0 Å². The molecule has 3 rings (SSSR count). The van der Waals surface area contributed by atoms with E-state index in [-0.39, 0.29) is 19.4 Å². The molecule has 6 nitrogen and oxygen atoms in total. The second-order valence-electron chi connectivity index (χ2n) is 6.89. The molecule has 9 heteroatoms. The normalized spacial score (nSPS) is 11.4. The third-order valence-corrected chi connectivity index (χ3v) is 6.61. The summed E-state index contributed by atoms with van der Waals surface area (Å²) in [6.45, 7) is -0.117. The average Bonchev–Trinajstić information content (AvgIpc) is 2.79. The highest BCUT2D eigenvalue weighted by Crippen LogP contribution is 2.25. The van der Waals surface area contributed by atoms with Gasteiger partial charge in [-0.05, 0) is 47.5 Å². The Kier molecular flexibility index (Phi) is 7.22. The molecule has 0 heterocycles. The fourth-order valence-electron chi connectivity index (χ4n) is 3.07. The maximum Gasteiger partial charge on any atom is 0.243 e. The molecule has 3 aromatic carbocycles. The third kappa shape index (κ3) is 5.12. The lowest BCUT2D eigenvalue weighted by Crippen LogP contribution is -2.30. The molecule has 0 fully saturated rings. The van der Waals surface area contributed by atoms with Crippen LogP contribution in [0.2, 0.25) is 0 Å². The Morgan fingerprint density at radius 3 is 1.56 bits per heavy atom. The minimum atomic E-state index is -4.32. The van der Waals surface area contributed by atoms with E-state index in [0.717, 1.165) is 4.31 Å². The Balaban J connectivity index is 2.01. The van der Waals surface area contributed by atoms with Crippen LogP contribution in [0.25, 0.3) is 0 Å². The molecule has 0 spiro atoms. The first-order valence-electron chi connectivity index (χ1n) is 9.48. The van der Waals surface area contributed by atoms with Gasteiger partial charge in [-0.15, -0.1) is 0 Å². The van der Waals surface area contributed by atoms with Gasteiger partial charge in [0, 0.05) is 13.1 Å². The first-order valence-corrected chi connectivity index (χ1v) is 10.9. The minimum absolute atomic E-state index is 0.00749. The summed E-state index contributed by atoms with van der Waals surface area (Å²) in [4.78, 5) is 10.3. The zero-order valence-electron chi connectivity index (χ0n) is 17.4. The van der Waals surface area contributed by atoms with Gasteiger partial charge >= 0.3 is 0 Å². The van der Waals surface area contributed by atoms with Gasteiger partial charge in [-0.25, -0.2) is 17.2 Å². The molecule has 0 aliphatic heterocycles. The maximum absolute atomic E-state index is 14.1. The van der Waals surface area contributed by atoms with Crippen LogP contribution in [0.15, 0.2) is 65.6 Å². The quantitative estimate of drug-likeness (QED) is 0.447. The van der Waals surface area contributed by atoms with Crippen molar-refractivity contribution in [2.45, 2.75) is 18.0 Å². The molecule has 0 aliphatic carbocycles. The van der Waals surface area contributed by atoms with Crippen LogP contribution in [0.4, 0.5) is 8.78 Å². The molecular formula is C23H21F2NO5S. The molecule has 3 aromatic rings. The van der Waals surface area contributed by atoms with Crippen molar-refractivity contribution in [1.29, 1.82) is 0 Å². The van der Waals surface area contributed by atoms with E-state index in [0.29, 0.717) is 34.8 Å². The largest absolute Gasteiger partial charge is 0.497 e. The highest BCUT2D eigenvalue weighted by Gasteiger charge is 2.27. The molecule has 0 aromatic heterocycles. The summed E-state index contributed by atoms with van der Waals surface area (Å²) in [6.07, 6.45) is 0.00749. The fourth-order valence-corrected chi connectivity index (χ4v) is 4.51. The minimum Gasteiger partial charge on any atom is -0.497 e. The van der Waals surface area contributed by atoms with Crippen LogP contribution in [-0.4, -0.2) is 33.2 Å². The van der Waals surface area contributed by atoms with Crippen LogP contribution < -0.4 is 9.47 Å². The van der Waals surface area contributed by atoms with Crippen molar-refractivity contribution in [2.24, 2.45) is 0 Å². The second-order valence-corrected chi connectivity index (χ2v) is 8.83. The third-order valence-electron chi connectivity index (χ3n) is 4.84. The molecular weight excluding hydrogens is 440 g/mol. The zero-order valence-corrected chi connectivity index (χ0v) is 18.2. The molecule has 0 amide bonds. The van der Waals surface area contributed by atoms with Crippen LogP contribution in [0, 0.1) is 11.6 Å². The van der Waals surface area contributed by atoms with E-state index in [1.165, 1.54) is 14.2 Å². The van der Waals surface area contributed by atoms with E-state index in [1.54, 1.807) is 48.5 Å². The molecule has 0 unspecified atom stereocenters. The van der Waals surface area contributed by atoms with Crippen molar-refractivity contribution in [3.05, 3.63) is 89.0 Å². The van der Waals surface area contributed by atoms with Crippen LogP contribution in [0.5, 0.6) is 11.5 Å². The molecule has 0 saturated heterocycles. The number of methoxy groups -OCH3 is 2. The van der Waals surface area contributed by atoms with E-state index < -0.39 is 32.1 Å². The highest BCUT2D eigenvalue weighted by molar-refractivity contribution is 7.89. The Bertz CT molecular complexity index is 1120. The standard InChI is InChI=1S/C23H21F2NO5S/c1-30-18-7-3-16(4-8-18)13-26(14-17-5-9-19(31-2)10-6-17)32(28,29)20-11-22(24)21(15-27)23(25)12-20/h3-12,15H,13-14H2,1-2H3. The molecule has 0 bridgehead atoms. The first kappa shape index (κ1) is 23.4. The Morgan fingerprint density at radius 1 is 0.812 bits per heavy atom. The smallest absolute Gasteiger partial charge is 0.243 e. The molecule has 0 saturated carbocycles. The maximum atomic E-state index is 14.1.